The van der Waals surface area contributed by atoms with Gasteiger partial charge in [0, 0.05) is 6.42 Å². The SMILES string of the molecule is CCCCCCCCCCCCCCCCCC(=O)O.CCCCCCCCCCCCCCCCCC(O)CCCCCCCCCCCCCC. The molecule has 0 saturated carbocycles. The Bertz CT molecular complexity index is 634. The fourth-order valence-electron chi connectivity index (χ4n) is 7.76. The Morgan fingerprint density at radius 3 is 0.660 bits per heavy atom. The molecule has 0 aliphatic heterocycles. The van der Waals surface area contributed by atoms with E-state index < -0.39 is 5.97 Å². The molecule has 0 amide bonds. The summed E-state index contributed by atoms with van der Waals surface area (Å²) < 4.78 is 0. The highest BCUT2D eigenvalue weighted by Gasteiger charge is 2.04. The largest absolute Gasteiger partial charge is 0.481 e. The van der Waals surface area contributed by atoms with Gasteiger partial charge in [-0.2, -0.15) is 0 Å². The van der Waals surface area contributed by atoms with Crippen LogP contribution in [0, 0.1) is 0 Å². The van der Waals surface area contributed by atoms with E-state index in [0.29, 0.717) is 6.42 Å². The number of carbonyl (C=O) groups is 1. The smallest absolute Gasteiger partial charge is 0.303 e. The van der Waals surface area contributed by atoms with Crippen LogP contribution in [0.15, 0.2) is 0 Å². The Labute approximate surface area is 335 Å². The van der Waals surface area contributed by atoms with Crippen LogP contribution < -0.4 is 0 Å². The Kier molecular flexibility index (Phi) is 52.9. The van der Waals surface area contributed by atoms with Gasteiger partial charge < -0.3 is 10.2 Å². The van der Waals surface area contributed by atoms with Gasteiger partial charge in [-0.05, 0) is 19.3 Å². The zero-order chi connectivity index (χ0) is 39.0. The summed E-state index contributed by atoms with van der Waals surface area (Å²) in [5.74, 6) is -0.653. The molecule has 3 heteroatoms. The van der Waals surface area contributed by atoms with Gasteiger partial charge in [0.15, 0.2) is 0 Å². The molecule has 0 heterocycles. The topological polar surface area (TPSA) is 57.5 Å². The van der Waals surface area contributed by atoms with Crippen molar-refractivity contribution in [2.75, 3.05) is 0 Å². The van der Waals surface area contributed by atoms with Crippen molar-refractivity contribution in [3.05, 3.63) is 0 Å². The zero-order valence-corrected chi connectivity index (χ0v) is 37.2. The van der Waals surface area contributed by atoms with E-state index in [9.17, 15) is 9.90 Å². The van der Waals surface area contributed by atoms with Crippen molar-refractivity contribution in [3.63, 3.8) is 0 Å². The first kappa shape index (κ1) is 54.5. The molecule has 0 aliphatic carbocycles. The van der Waals surface area contributed by atoms with Crippen LogP contribution in [-0.4, -0.2) is 22.3 Å². The number of carboxylic acid groups (broad SMARTS) is 1. The lowest BCUT2D eigenvalue weighted by atomic mass is 10.0. The van der Waals surface area contributed by atoms with Crippen molar-refractivity contribution < 1.29 is 15.0 Å². The predicted octanol–water partition coefficient (Wildman–Crippen LogP) is 18.0. The van der Waals surface area contributed by atoms with E-state index in [4.69, 9.17) is 5.11 Å². The van der Waals surface area contributed by atoms with Crippen LogP contribution in [0.25, 0.3) is 0 Å². The molecule has 0 spiro atoms. The molecular weight excluding hydrogens is 649 g/mol. The van der Waals surface area contributed by atoms with Crippen LogP contribution in [0.1, 0.15) is 310 Å². The number of aliphatic hydroxyl groups excluding tert-OH is 1. The standard InChI is InChI=1S/C32H66O.C18H36O2/c1-3-5-7-9-11-13-15-17-18-19-21-23-25-27-29-31-32(33)30-28-26-24-22-20-16-14-12-10-8-6-4-2;1-2-3-4-5-6-7-8-9-10-11-12-13-14-15-16-17-18(19)20/h32-33H,3-31H2,1-2H3;2-17H2,1H3,(H,19,20). The minimum Gasteiger partial charge on any atom is -0.481 e. The van der Waals surface area contributed by atoms with Gasteiger partial charge in [-0.25, -0.2) is 0 Å². The lowest BCUT2D eigenvalue weighted by molar-refractivity contribution is -0.137. The third-order valence-corrected chi connectivity index (χ3v) is 11.5. The summed E-state index contributed by atoms with van der Waals surface area (Å²) in [6, 6.07) is 0. The summed E-state index contributed by atoms with van der Waals surface area (Å²) in [5, 5.41) is 18.7. The van der Waals surface area contributed by atoms with E-state index in [-0.39, 0.29) is 6.10 Å². The molecule has 0 fully saturated rings. The lowest BCUT2D eigenvalue weighted by Gasteiger charge is -2.10. The number of hydrogen-bond donors (Lipinski definition) is 2. The van der Waals surface area contributed by atoms with Crippen LogP contribution in [0.4, 0.5) is 0 Å². The van der Waals surface area contributed by atoms with Crippen LogP contribution in [0.5, 0.6) is 0 Å². The molecule has 0 rings (SSSR count). The van der Waals surface area contributed by atoms with Crippen molar-refractivity contribution in [1.82, 2.24) is 0 Å². The third kappa shape index (κ3) is 55.9. The molecular formula is C50H102O3. The van der Waals surface area contributed by atoms with Gasteiger partial charge in [-0.3, -0.25) is 4.79 Å². The van der Waals surface area contributed by atoms with Crippen molar-refractivity contribution in [2.45, 2.75) is 316 Å². The lowest BCUT2D eigenvalue weighted by Crippen LogP contribution is -2.05. The maximum absolute atomic E-state index is 10.3. The maximum Gasteiger partial charge on any atom is 0.303 e. The third-order valence-electron chi connectivity index (χ3n) is 11.5. The Morgan fingerprint density at radius 2 is 0.472 bits per heavy atom. The van der Waals surface area contributed by atoms with Gasteiger partial charge in [0.2, 0.25) is 0 Å². The number of aliphatic carboxylic acids is 1. The van der Waals surface area contributed by atoms with Crippen LogP contribution in [0.3, 0.4) is 0 Å². The first-order valence-corrected chi connectivity index (χ1v) is 25.0. The molecule has 0 aromatic rings. The quantitative estimate of drug-likeness (QED) is 0.0609. The summed E-state index contributed by atoms with van der Waals surface area (Å²) in [5.41, 5.74) is 0. The van der Waals surface area contributed by atoms with Gasteiger partial charge in [0.1, 0.15) is 0 Å². The fraction of sp³-hybridized carbons (Fsp3) is 0.980. The Hall–Kier alpha value is -0.570. The second-order valence-electron chi connectivity index (χ2n) is 17.2. The summed E-state index contributed by atoms with van der Waals surface area (Å²) in [4.78, 5) is 10.3. The summed E-state index contributed by atoms with van der Waals surface area (Å²) in [7, 11) is 0. The molecule has 0 aliphatic rings. The van der Waals surface area contributed by atoms with Crippen molar-refractivity contribution in [2.24, 2.45) is 0 Å². The molecule has 0 aromatic carbocycles. The molecule has 3 nitrogen and oxygen atoms in total. The zero-order valence-electron chi connectivity index (χ0n) is 37.2. The van der Waals surface area contributed by atoms with Crippen molar-refractivity contribution >= 4 is 5.97 Å². The second kappa shape index (κ2) is 51.4. The first-order valence-electron chi connectivity index (χ1n) is 25.0. The van der Waals surface area contributed by atoms with Crippen LogP contribution in [0.2, 0.25) is 0 Å². The first-order chi connectivity index (χ1) is 26.1. The van der Waals surface area contributed by atoms with E-state index in [2.05, 4.69) is 20.8 Å². The number of rotatable bonds is 45. The Morgan fingerprint density at radius 1 is 0.302 bits per heavy atom. The molecule has 2 N–H and O–H groups in total. The van der Waals surface area contributed by atoms with Gasteiger partial charge >= 0.3 is 5.97 Å². The average molecular weight is 751 g/mol. The van der Waals surface area contributed by atoms with E-state index in [0.717, 1.165) is 25.7 Å². The molecule has 1 atom stereocenters. The summed E-state index contributed by atoms with van der Waals surface area (Å²) >= 11 is 0. The number of hydrogen-bond acceptors (Lipinski definition) is 2. The molecule has 0 aromatic heterocycles. The highest BCUT2D eigenvalue weighted by Crippen LogP contribution is 2.17. The van der Waals surface area contributed by atoms with Gasteiger partial charge in [0.05, 0.1) is 6.10 Å². The minimum absolute atomic E-state index is 0.0323. The highest BCUT2D eigenvalue weighted by atomic mass is 16.4. The van der Waals surface area contributed by atoms with Crippen molar-refractivity contribution in [3.8, 4) is 0 Å². The van der Waals surface area contributed by atoms with Gasteiger partial charge in [0.25, 0.3) is 0 Å². The molecule has 320 valence electrons. The van der Waals surface area contributed by atoms with Crippen LogP contribution in [-0.2, 0) is 4.79 Å². The van der Waals surface area contributed by atoms with Gasteiger partial charge in [-0.1, -0.05) is 284 Å². The maximum atomic E-state index is 10.3. The second-order valence-corrected chi connectivity index (χ2v) is 17.2. The summed E-state index contributed by atoms with van der Waals surface area (Å²) in [6.45, 7) is 6.86. The fourth-order valence-corrected chi connectivity index (χ4v) is 7.76. The van der Waals surface area contributed by atoms with E-state index in [1.807, 2.05) is 0 Å². The molecule has 1 unspecified atom stereocenters. The van der Waals surface area contributed by atoms with E-state index in [1.54, 1.807) is 0 Å². The normalized spacial score (nSPS) is 11.8. The summed E-state index contributed by atoms with van der Waals surface area (Å²) in [6.07, 6.45) is 60.2. The molecule has 0 bridgehead atoms. The number of aliphatic hydroxyl groups is 1. The monoisotopic (exact) mass is 751 g/mol. The van der Waals surface area contributed by atoms with Crippen molar-refractivity contribution in [1.29, 1.82) is 0 Å². The predicted molar refractivity (Wildman–Crippen MR) is 238 cm³/mol. The minimum atomic E-state index is -0.653. The molecule has 53 heavy (non-hydrogen) atoms. The average Bonchev–Trinajstić information content (AvgIpc) is 3.15. The molecule has 0 saturated heterocycles. The van der Waals surface area contributed by atoms with Crippen LogP contribution >= 0.6 is 0 Å². The van der Waals surface area contributed by atoms with E-state index >= 15 is 0 Å². The van der Waals surface area contributed by atoms with E-state index in [1.165, 1.54) is 257 Å². The Balaban J connectivity index is 0. The number of carboxylic acids is 1. The van der Waals surface area contributed by atoms with Gasteiger partial charge in [-0.15, -0.1) is 0 Å². The number of unbranched alkanes of at least 4 members (excludes halogenated alkanes) is 39. The highest BCUT2D eigenvalue weighted by molar-refractivity contribution is 5.66. The molecule has 0 radical (unpaired) electrons.